The molecular formula is C22H24N2O3. The Hall–Kier alpha value is -2.82. The monoisotopic (exact) mass is 364 g/mol. The number of rotatable bonds is 2. The molecule has 2 aromatic carbocycles. The van der Waals surface area contributed by atoms with Crippen molar-refractivity contribution in [3.63, 3.8) is 0 Å². The van der Waals surface area contributed by atoms with Gasteiger partial charge in [-0.25, -0.2) is 0 Å². The number of amides is 2. The number of phenols is 1. The molecule has 3 aliphatic rings. The Bertz CT molecular complexity index is 862. The fraction of sp³-hybridized carbons (Fsp3) is 0.364. The van der Waals surface area contributed by atoms with Gasteiger partial charge in [-0.05, 0) is 54.2 Å². The summed E-state index contributed by atoms with van der Waals surface area (Å²) in [6.07, 6.45) is 2.03. The summed E-state index contributed by atoms with van der Waals surface area (Å²) in [5, 5.41) is 9.48. The smallest absolute Gasteiger partial charge is 0.254 e. The fourth-order valence-corrected chi connectivity index (χ4v) is 4.24. The maximum absolute atomic E-state index is 13.2. The Kier molecular flexibility index (Phi) is 4.60. The van der Waals surface area contributed by atoms with Crippen molar-refractivity contribution in [1.29, 1.82) is 0 Å². The molecule has 0 spiro atoms. The van der Waals surface area contributed by atoms with E-state index in [1.165, 1.54) is 0 Å². The standard InChI is InChI=1S/C22H24N2O3/c1-15(25)23-12-16-5-8-20(14-23)24(13-16)22(27)19-4-2-3-18(11-19)17-6-9-21(26)10-7-17/h2-4,6-7,9-11,16,20,26H,5,8,12-14H2,1H3/t16-,20+/m1/s1. The first kappa shape index (κ1) is 17.6. The molecule has 140 valence electrons. The summed E-state index contributed by atoms with van der Waals surface area (Å²) in [5.74, 6) is 0.713. The first-order valence-corrected chi connectivity index (χ1v) is 9.47. The van der Waals surface area contributed by atoms with Gasteiger partial charge in [-0.3, -0.25) is 9.59 Å². The lowest BCUT2D eigenvalue weighted by Gasteiger charge is -2.36. The molecule has 3 aliphatic heterocycles. The first-order chi connectivity index (χ1) is 13.0. The molecule has 0 saturated carbocycles. The van der Waals surface area contributed by atoms with Crippen LogP contribution in [-0.2, 0) is 4.79 Å². The molecule has 2 bridgehead atoms. The minimum absolute atomic E-state index is 0.0377. The van der Waals surface area contributed by atoms with E-state index in [4.69, 9.17) is 0 Å². The van der Waals surface area contributed by atoms with Crippen LogP contribution in [0, 0.1) is 5.92 Å². The van der Waals surface area contributed by atoms with Crippen LogP contribution in [0.2, 0.25) is 0 Å². The van der Waals surface area contributed by atoms with Crippen molar-refractivity contribution in [2.75, 3.05) is 19.6 Å². The zero-order valence-electron chi connectivity index (χ0n) is 15.5. The van der Waals surface area contributed by atoms with Gasteiger partial charge in [0, 0.05) is 38.2 Å². The second kappa shape index (κ2) is 7.06. The lowest BCUT2D eigenvalue weighted by atomic mass is 9.94. The predicted molar refractivity (Wildman–Crippen MR) is 103 cm³/mol. The Morgan fingerprint density at radius 1 is 0.963 bits per heavy atom. The average molecular weight is 364 g/mol. The zero-order chi connectivity index (χ0) is 19.0. The second-order valence-electron chi connectivity index (χ2n) is 7.61. The summed E-state index contributed by atoms with van der Waals surface area (Å²) in [5.41, 5.74) is 2.58. The summed E-state index contributed by atoms with van der Waals surface area (Å²) in [4.78, 5) is 28.9. The molecule has 0 radical (unpaired) electrons. The van der Waals surface area contributed by atoms with E-state index in [-0.39, 0.29) is 23.6 Å². The number of hydrogen-bond acceptors (Lipinski definition) is 3. The van der Waals surface area contributed by atoms with E-state index in [9.17, 15) is 14.7 Å². The molecule has 3 heterocycles. The van der Waals surface area contributed by atoms with E-state index in [1.807, 2.05) is 46.2 Å². The Balaban J connectivity index is 1.59. The van der Waals surface area contributed by atoms with Gasteiger partial charge in [-0.2, -0.15) is 0 Å². The maximum Gasteiger partial charge on any atom is 0.254 e. The van der Waals surface area contributed by atoms with E-state index in [0.717, 1.165) is 37.1 Å². The lowest BCUT2D eigenvalue weighted by Crippen LogP contribution is -2.47. The molecule has 27 heavy (non-hydrogen) atoms. The number of phenolic OH excluding ortho intramolecular Hbond substituents is 1. The summed E-state index contributed by atoms with van der Waals surface area (Å²) in [6.45, 7) is 3.72. The minimum atomic E-state index is 0.0377. The van der Waals surface area contributed by atoms with Crippen LogP contribution in [0.4, 0.5) is 0 Å². The molecule has 2 amide bonds. The molecule has 3 fully saturated rings. The summed E-state index contributed by atoms with van der Waals surface area (Å²) >= 11 is 0. The van der Waals surface area contributed by atoms with Crippen LogP contribution in [0.1, 0.15) is 30.1 Å². The number of piperidine rings is 1. The number of aromatic hydroxyl groups is 1. The second-order valence-corrected chi connectivity index (χ2v) is 7.61. The van der Waals surface area contributed by atoms with Crippen LogP contribution in [-0.4, -0.2) is 52.4 Å². The van der Waals surface area contributed by atoms with Crippen molar-refractivity contribution < 1.29 is 14.7 Å². The Labute approximate surface area is 159 Å². The number of carbonyl (C=O) groups excluding carboxylic acids is 2. The molecule has 2 atom stereocenters. The van der Waals surface area contributed by atoms with Gasteiger partial charge in [-0.15, -0.1) is 0 Å². The Morgan fingerprint density at radius 3 is 2.48 bits per heavy atom. The SMILES string of the molecule is CC(=O)N1C[C@H]2CC[C@@H](C1)N(C(=O)c1cccc(-c3ccc(O)cc3)c1)C2. The predicted octanol–water partition coefficient (Wildman–Crippen LogP) is 3.14. The van der Waals surface area contributed by atoms with E-state index >= 15 is 0 Å². The van der Waals surface area contributed by atoms with E-state index < -0.39 is 0 Å². The van der Waals surface area contributed by atoms with Gasteiger partial charge in [-0.1, -0.05) is 24.3 Å². The van der Waals surface area contributed by atoms with E-state index in [1.54, 1.807) is 19.1 Å². The van der Waals surface area contributed by atoms with Crippen molar-refractivity contribution in [1.82, 2.24) is 9.80 Å². The van der Waals surface area contributed by atoms with Crippen LogP contribution < -0.4 is 0 Å². The van der Waals surface area contributed by atoms with E-state index in [0.29, 0.717) is 18.0 Å². The van der Waals surface area contributed by atoms with Gasteiger partial charge in [0.2, 0.25) is 5.91 Å². The minimum Gasteiger partial charge on any atom is -0.508 e. The topological polar surface area (TPSA) is 60.9 Å². The van der Waals surface area contributed by atoms with Crippen molar-refractivity contribution in [3.05, 3.63) is 54.1 Å². The normalized spacial score (nSPS) is 21.8. The van der Waals surface area contributed by atoms with Gasteiger partial charge >= 0.3 is 0 Å². The maximum atomic E-state index is 13.2. The zero-order valence-corrected chi connectivity index (χ0v) is 15.5. The molecule has 3 saturated heterocycles. The van der Waals surface area contributed by atoms with Crippen LogP contribution in [0.3, 0.4) is 0 Å². The quantitative estimate of drug-likeness (QED) is 0.891. The average Bonchev–Trinajstić information content (AvgIpc) is 3.00. The van der Waals surface area contributed by atoms with Crippen LogP contribution >= 0.6 is 0 Å². The van der Waals surface area contributed by atoms with Crippen molar-refractivity contribution in [2.45, 2.75) is 25.8 Å². The molecule has 5 nitrogen and oxygen atoms in total. The van der Waals surface area contributed by atoms with Gasteiger partial charge in [0.1, 0.15) is 5.75 Å². The van der Waals surface area contributed by atoms with Crippen LogP contribution in [0.15, 0.2) is 48.5 Å². The third-order valence-corrected chi connectivity index (χ3v) is 5.73. The molecule has 1 N–H and O–H groups in total. The van der Waals surface area contributed by atoms with Gasteiger partial charge < -0.3 is 14.9 Å². The number of nitrogens with zero attached hydrogens (tertiary/aromatic N) is 2. The molecule has 2 aromatic rings. The fourth-order valence-electron chi connectivity index (χ4n) is 4.24. The number of fused-ring (bicyclic) bond motifs is 4. The molecule has 0 unspecified atom stereocenters. The summed E-state index contributed by atoms with van der Waals surface area (Å²) < 4.78 is 0. The van der Waals surface area contributed by atoms with Gasteiger partial charge in [0.05, 0.1) is 0 Å². The highest BCUT2D eigenvalue weighted by Crippen LogP contribution is 2.30. The van der Waals surface area contributed by atoms with Crippen LogP contribution in [0.5, 0.6) is 5.75 Å². The molecule has 0 aliphatic carbocycles. The first-order valence-electron chi connectivity index (χ1n) is 9.47. The summed E-state index contributed by atoms with van der Waals surface area (Å²) in [6, 6.07) is 14.7. The van der Waals surface area contributed by atoms with Crippen molar-refractivity contribution >= 4 is 11.8 Å². The summed E-state index contributed by atoms with van der Waals surface area (Å²) in [7, 11) is 0. The number of hydrogen-bond donors (Lipinski definition) is 1. The lowest BCUT2D eigenvalue weighted by molar-refractivity contribution is -0.129. The van der Waals surface area contributed by atoms with Gasteiger partial charge in [0.15, 0.2) is 0 Å². The Morgan fingerprint density at radius 2 is 1.74 bits per heavy atom. The van der Waals surface area contributed by atoms with Crippen molar-refractivity contribution in [2.24, 2.45) is 5.92 Å². The highest BCUT2D eigenvalue weighted by atomic mass is 16.3. The van der Waals surface area contributed by atoms with Gasteiger partial charge in [0.25, 0.3) is 5.91 Å². The van der Waals surface area contributed by atoms with Crippen molar-refractivity contribution in [3.8, 4) is 16.9 Å². The number of carbonyl (C=O) groups is 2. The third-order valence-electron chi connectivity index (χ3n) is 5.73. The highest BCUT2D eigenvalue weighted by Gasteiger charge is 2.38. The number of benzene rings is 2. The van der Waals surface area contributed by atoms with E-state index in [2.05, 4.69) is 0 Å². The molecular weight excluding hydrogens is 340 g/mol. The largest absolute Gasteiger partial charge is 0.508 e. The van der Waals surface area contributed by atoms with Crippen LogP contribution in [0.25, 0.3) is 11.1 Å². The third kappa shape index (κ3) is 3.54. The molecule has 5 rings (SSSR count). The molecule has 0 aromatic heterocycles. The molecule has 5 heteroatoms. The highest BCUT2D eigenvalue weighted by molar-refractivity contribution is 5.96.